The lowest BCUT2D eigenvalue weighted by molar-refractivity contribution is -0.138. The summed E-state index contributed by atoms with van der Waals surface area (Å²) >= 11 is 0. The molecule has 4 nitrogen and oxygen atoms in total. The highest BCUT2D eigenvalue weighted by Crippen LogP contribution is 2.13. The maximum Gasteiger partial charge on any atom is 0.317 e. The maximum atomic E-state index is 10.7. The van der Waals surface area contributed by atoms with Crippen LogP contribution in [-0.4, -0.2) is 43.2 Å². The normalized spacial score (nSPS) is 10.4. The van der Waals surface area contributed by atoms with Crippen molar-refractivity contribution in [2.75, 3.05) is 32.1 Å². The van der Waals surface area contributed by atoms with Crippen molar-refractivity contribution >= 4 is 11.7 Å². The van der Waals surface area contributed by atoms with Crippen molar-refractivity contribution in [3.8, 4) is 0 Å². The molecule has 0 amide bonds. The smallest absolute Gasteiger partial charge is 0.317 e. The summed E-state index contributed by atoms with van der Waals surface area (Å²) in [6, 6.07) is 8.10. The molecule has 98 valence electrons. The van der Waals surface area contributed by atoms with Crippen LogP contribution in [-0.2, 0) is 11.3 Å². The van der Waals surface area contributed by atoms with E-state index in [0.29, 0.717) is 13.1 Å². The van der Waals surface area contributed by atoms with E-state index in [2.05, 4.69) is 6.58 Å². The van der Waals surface area contributed by atoms with Gasteiger partial charge in [0.2, 0.25) is 0 Å². The largest absolute Gasteiger partial charge is 0.480 e. The van der Waals surface area contributed by atoms with E-state index in [4.69, 9.17) is 5.11 Å². The number of carbonyl (C=O) groups is 1. The Balaban J connectivity index is 2.68. The van der Waals surface area contributed by atoms with Crippen LogP contribution in [0.5, 0.6) is 0 Å². The predicted octanol–water partition coefficient (Wildman–Crippen LogP) is 1.83. The number of carboxylic acids is 1. The molecule has 0 fully saturated rings. The Hall–Kier alpha value is -1.81. The summed E-state index contributed by atoms with van der Waals surface area (Å²) in [6.45, 7) is 4.86. The minimum absolute atomic E-state index is 0.0292. The van der Waals surface area contributed by atoms with Gasteiger partial charge in [0.15, 0.2) is 0 Å². The lowest BCUT2D eigenvalue weighted by Gasteiger charge is -2.19. The van der Waals surface area contributed by atoms with Crippen LogP contribution >= 0.6 is 0 Å². The van der Waals surface area contributed by atoms with E-state index < -0.39 is 5.97 Å². The predicted molar refractivity (Wildman–Crippen MR) is 73.9 cm³/mol. The average Bonchev–Trinajstić information content (AvgIpc) is 2.29. The molecule has 1 aromatic carbocycles. The molecule has 0 aliphatic heterocycles. The van der Waals surface area contributed by atoms with Gasteiger partial charge in [0.05, 0.1) is 6.54 Å². The Bertz CT molecular complexity index is 399. The van der Waals surface area contributed by atoms with Gasteiger partial charge in [-0.05, 0) is 17.7 Å². The zero-order valence-electron chi connectivity index (χ0n) is 11.0. The molecule has 0 radical (unpaired) electrons. The fourth-order valence-corrected chi connectivity index (χ4v) is 1.72. The van der Waals surface area contributed by atoms with E-state index in [-0.39, 0.29) is 6.54 Å². The van der Waals surface area contributed by atoms with Crippen molar-refractivity contribution in [1.29, 1.82) is 0 Å². The molecule has 0 saturated heterocycles. The molecule has 0 aliphatic rings. The number of aliphatic carboxylic acids is 1. The van der Waals surface area contributed by atoms with Crippen LogP contribution in [0.1, 0.15) is 5.56 Å². The second kappa shape index (κ2) is 6.81. The number of rotatable bonds is 7. The van der Waals surface area contributed by atoms with Crippen molar-refractivity contribution in [3.63, 3.8) is 0 Å². The van der Waals surface area contributed by atoms with Gasteiger partial charge in [-0.1, -0.05) is 18.2 Å². The van der Waals surface area contributed by atoms with Gasteiger partial charge in [0.1, 0.15) is 0 Å². The molecule has 1 aromatic rings. The molecule has 0 aliphatic carbocycles. The number of benzene rings is 1. The number of nitrogens with zero attached hydrogens (tertiary/aromatic N) is 2. The molecular weight excluding hydrogens is 228 g/mol. The maximum absolute atomic E-state index is 10.7. The van der Waals surface area contributed by atoms with E-state index in [0.717, 1.165) is 11.3 Å². The molecule has 0 heterocycles. The summed E-state index contributed by atoms with van der Waals surface area (Å²) in [5, 5.41) is 8.82. The molecule has 1 N–H and O–H groups in total. The van der Waals surface area contributed by atoms with Crippen LogP contribution in [0.15, 0.2) is 36.9 Å². The first-order chi connectivity index (χ1) is 8.52. The number of anilines is 1. The first-order valence-electron chi connectivity index (χ1n) is 5.84. The summed E-state index contributed by atoms with van der Waals surface area (Å²) in [5.41, 5.74) is 2.23. The topological polar surface area (TPSA) is 43.8 Å². The third-order valence-corrected chi connectivity index (χ3v) is 2.61. The average molecular weight is 248 g/mol. The van der Waals surface area contributed by atoms with Gasteiger partial charge in [0.25, 0.3) is 0 Å². The van der Waals surface area contributed by atoms with Crippen molar-refractivity contribution in [3.05, 3.63) is 42.5 Å². The molecule has 0 spiro atoms. The summed E-state index contributed by atoms with van der Waals surface area (Å²) in [6.07, 6.45) is 1.72. The standard InChI is InChI=1S/C14H20N2O2/c1-4-9-16(11-14(17)18)10-12-5-7-13(8-6-12)15(2)3/h4-8H,1,9-11H2,2-3H3,(H,17,18). The zero-order chi connectivity index (χ0) is 13.5. The second-order valence-electron chi connectivity index (χ2n) is 4.41. The Kier molecular flexibility index (Phi) is 5.39. The molecular formula is C14H20N2O2. The van der Waals surface area contributed by atoms with Crippen molar-refractivity contribution < 1.29 is 9.90 Å². The van der Waals surface area contributed by atoms with Gasteiger partial charge in [-0.2, -0.15) is 0 Å². The first kappa shape index (κ1) is 14.3. The third-order valence-electron chi connectivity index (χ3n) is 2.61. The number of carboxylic acid groups (broad SMARTS) is 1. The minimum atomic E-state index is -0.818. The van der Waals surface area contributed by atoms with E-state index in [1.54, 1.807) is 6.08 Å². The highest BCUT2D eigenvalue weighted by atomic mass is 16.4. The molecule has 4 heteroatoms. The summed E-state index contributed by atoms with van der Waals surface area (Å²) in [4.78, 5) is 14.6. The monoisotopic (exact) mass is 248 g/mol. The van der Waals surface area contributed by atoms with Crippen LogP contribution in [0.3, 0.4) is 0 Å². The Morgan fingerprint density at radius 1 is 1.33 bits per heavy atom. The fourth-order valence-electron chi connectivity index (χ4n) is 1.72. The lowest BCUT2D eigenvalue weighted by atomic mass is 10.2. The molecule has 0 atom stereocenters. The van der Waals surface area contributed by atoms with E-state index >= 15 is 0 Å². The number of hydrogen-bond donors (Lipinski definition) is 1. The molecule has 0 saturated carbocycles. The Morgan fingerprint density at radius 2 is 1.94 bits per heavy atom. The SMILES string of the molecule is C=CCN(CC(=O)O)Cc1ccc(N(C)C)cc1. The summed E-state index contributed by atoms with van der Waals surface area (Å²) in [5.74, 6) is -0.818. The fraction of sp³-hybridized carbons (Fsp3) is 0.357. The van der Waals surface area contributed by atoms with E-state index in [9.17, 15) is 4.79 Å². The van der Waals surface area contributed by atoms with Crippen molar-refractivity contribution in [2.45, 2.75) is 6.54 Å². The first-order valence-corrected chi connectivity index (χ1v) is 5.84. The van der Waals surface area contributed by atoms with Crippen molar-refractivity contribution in [2.24, 2.45) is 0 Å². The quantitative estimate of drug-likeness (QED) is 0.748. The van der Waals surface area contributed by atoms with Crippen LogP contribution < -0.4 is 4.90 Å². The molecule has 18 heavy (non-hydrogen) atoms. The number of hydrogen-bond acceptors (Lipinski definition) is 3. The van der Waals surface area contributed by atoms with Crippen LogP contribution in [0.25, 0.3) is 0 Å². The minimum Gasteiger partial charge on any atom is -0.480 e. The summed E-state index contributed by atoms with van der Waals surface area (Å²) < 4.78 is 0. The Morgan fingerprint density at radius 3 is 2.39 bits per heavy atom. The second-order valence-corrected chi connectivity index (χ2v) is 4.41. The van der Waals surface area contributed by atoms with Crippen LogP contribution in [0.4, 0.5) is 5.69 Å². The van der Waals surface area contributed by atoms with Gasteiger partial charge < -0.3 is 10.0 Å². The zero-order valence-corrected chi connectivity index (χ0v) is 11.0. The Labute approximate surface area is 108 Å². The molecule has 0 unspecified atom stereocenters. The van der Waals surface area contributed by atoms with E-state index in [1.165, 1.54) is 0 Å². The van der Waals surface area contributed by atoms with Gasteiger partial charge in [-0.3, -0.25) is 9.69 Å². The van der Waals surface area contributed by atoms with Gasteiger partial charge >= 0.3 is 5.97 Å². The van der Waals surface area contributed by atoms with Crippen LogP contribution in [0, 0.1) is 0 Å². The van der Waals surface area contributed by atoms with Crippen molar-refractivity contribution in [1.82, 2.24) is 4.90 Å². The highest BCUT2D eigenvalue weighted by molar-refractivity contribution is 5.69. The molecule has 1 rings (SSSR count). The third kappa shape index (κ3) is 4.59. The summed E-state index contributed by atoms with van der Waals surface area (Å²) in [7, 11) is 3.98. The van der Waals surface area contributed by atoms with E-state index in [1.807, 2.05) is 48.2 Å². The molecule has 0 aromatic heterocycles. The highest BCUT2D eigenvalue weighted by Gasteiger charge is 2.08. The lowest BCUT2D eigenvalue weighted by Crippen LogP contribution is -2.29. The van der Waals surface area contributed by atoms with Crippen LogP contribution in [0.2, 0.25) is 0 Å². The molecule has 0 bridgehead atoms. The van der Waals surface area contributed by atoms with Gasteiger partial charge in [-0.15, -0.1) is 6.58 Å². The van der Waals surface area contributed by atoms with Gasteiger partial charge in [0, 0.05) is 32.9 Å². The van der Waals surface area contributed by atoms with Gasteiger partial charge in [-0.25, -0.2) is 0 Å².